The van der Waals surface area contributed by atoms with Gasteiger partial charge in [0.25, 0.3) is 0 Å². The van der Waals surface area contributed by atoms with Gasteiger partial charge in [0.2, 0.25) is 5.91 Å². The highest BCUT2D eigenvalue weighted by Gasteiger charge is 2.50. The molecule has 2 heterocycles. The number of rotatable bonds is 39. The fraction of sp³-hybridized carbons (Fsp3) is 0.911. The largest absolute Gasteiger partial charge is 0.462 e. The van der Waals surface area contributed by atoms with Crippen LogP contribution in [-0.4, -0.2) is 137 Å². The van der Waals surface area contributed by atoms with Crippen LogP contribution in [-0.2, 0) is 57.1 Å². The highest BCUT2D eigenvalue weighted by molar-refractivity contribution is 5.87. The Morgan fingerprint density at radius 1 is 0.575 bits per heavy atom. The number of aliphatic hydroxyl groups excluding tert-OH is 4. The second-order valence-corrected chi connectivity index (χ2v) is 21.6. The Balaban J connectivity index is 2.29. The van der Waals surface area contributed by atoms with Gasteiger partial charge >= 0.3 is 17.9 Å². The minimum atomic E-state index is -1.36. The molecule has 15 unspecified atom stereocenters. The van der Waals surface area contributed by atoms with E-state index in [0.717, 1.165) is 83.5 Å². The first kappa shape index (κ1) is 66.3. The van der Waals surface area contributed by atoms with Gasteiger partial charge < -0.3 is 58.9 Å². The third-order valence-corrected chi connectivity index (χ3v) is 14.5. The molecular weight excluding hydrogens is 943 g/mol. The maximum atomic E-state index is 14.0. The Labute approximate surface area is 438 Å². The number of esters is 3. The lowest BCUT2D eigenvalue weighted by Crippen LogP contribution is -2.60. The van der Waals surface area contributed by atoms with Gasteiger partial charge in [-0.15, -0.1) is 0 Å². The van der Waals surface area contributed by atoms with Crippen molar-refractivity contribution in [3.8, 4) is 0 Å². The van der Waals surface area contributed by atoms with E-state index in [1.807, 2.05) is 34.6 Å². The number of aliphatic hydroxyl groups is 4. The second-order valence-electron chi connectivity index (χ2n) is 21.6. The number of ether oxygens (including phenoxy) is 7. The van der Waals surface area contributed by atoms with E-state index in [1.165, 1.54) is 6.92 Å². The van der Waals surface area contributed by atoms with Crippen molar-refractivity contribution in [2.45, 2.75) is 290 Å². The summed E-state index contributed by atoms with van der Waals surface area (Å²) in [4.78, 5) is 66.4. The zero-order chi connectivity index (χ0) is 54.5. The number of amides is 1. The van der Waals surface area contributed by atoms with Crippen LogP contribution in [0.1, 0.15) is 217 Å². The molecule has 2 rings (SSSR count). The molecule has 426 valence electrons. The minimum absolute atomic E-state index is 0.142. The topological polar surface area (TPSA) is 243 Å². The molecule has 2 saturated heterocycles. The highest BCUT2D eigenvalue weighted by atomic mass is 16.7. The smallest absolute Gasteiger partial charge is 0.309 e. The summed E-state index contributed by atoms with van der Waals surface area (Å²) in [5, 5.41) is 45.8. The van der Waals surface area contributed by atoms with Crippen molar-refractivity contribution in [1.82, 2.24) is 5.32 Å². The predicted octanol–water partition coefficient (Wildman–Crippen LogP) is 8.34. The Morgan fingerprint density at radius 3 is 1.51 bits per heavy atom. The van der Waals surface area contributed by atoms with Crippen LogP contribution in [0.2, 0.25) is 0 Å². The Morgan fingerprint density at radius 2 is 1.03 bits per heavy atom. The monoisotopic (exact) mass is 1040 g/mol. The van der Waals surface area contributed by atoms with Crippen LogP contribution < -0.4 is 5.32 Å². The Hall–Kier alpha value is -2.77. The first-order valence-electron chi connectivity index (χ1n) is 28.4. The molecular formula is C56H101NO16. The van der Waals surface area contributed by atoms with Crippen molar-refractivity contribution in [2.75, 3.05) is 13.2 Å². The molecule has 0 spiro atoms. The lowest BCUT2D eigenvalue weighted by Gasteiger charge is -2.47. The number of ketones is 1. The summed E-state index contributed by atoms with van der Waals surface area (Å²) >= 11 is 0. The van der Waals surface area contributed by atoms with E-state index in [1.54, 1.807) is 6.92 Å². The van der Waals surface area contributed by atoms with Gasteiger partial charge in [-0.3, -0.25) is 24.0 Å². The van der Waals surface area contributed by atoms with Crippen molar-refractivity contribution in [3.63, 3.8) is 0 Å². The summed E-state index contributed by atoms with van der Waals surface area (Å²) in [7, 11) is 0. The van der Waals surface area contributed by atoms with Crippen LogP contribution in [0.15, 0.2) is 0 Å². The van der Waals surface area contributed by atoms with Crippen molar-refractivity contribution in [3.05, 3.63) is 0 Å². The van der Waals surface area contributed by atoms with Crippen LogP contribution in [0.5, 0.6) is 0 Å². The van der Waals surface area contributed by atoms with Gasteiger partial charge in [0.05, 0.1) is 62.4 Å². The number of hydrogen-bond acceptors (Lipinski definition) is 16. The molecule has 17 heteroatoms. The van der Waals surface area contributed by atoms with Crippen LogP contribution in [0.3, 0.4) is 0 Å². The molecule has 0 saturated carbocycles. The number of unbranched alkanes of at least 4 members (excludes halogenated alkanes) is 12. The fourth-order valence-corrected chi connectivity index (χ4v) is 9.75. The maximum Gasteiger partial charge on any atom is 0.309 e. The van der Waals surface area contributed by atoms with Gasteiger partial charge in [-0.2, -0.15) is 0 Å². The summed E-state index contributed by atoms with van der Waals surface area (Å²) in [5.41, 5.74) is 0. The first-order valence-corrected chi connectivity index (χ1v) is 28.4. The van der Waals surface area contributed by atoms with E-state index in [2.05, 4.69) is 26.1 Å². The van der Waals surface area contributed by atoms with Crippen LogP contribution in [0.4, 0.5) is 0 Å². The quantitative estimate of drug-likeness (QED) is 0.0221. The van der Waals surface area contributed by atoms with Crippen molar-refractivity contribution in [1.29, 1.82) is 0 Å². The molecule has 2 aliphatic rings. The highest BCUT2D eigenvalue weighted by Crippen LogP contribution is 2.35. The third kappa shape index (κ3) is 25.8. The first-order chi connectivity index (χ1) is 34.8. The molecule has 0 radical (unpaired) electrons. The molecule has 0 aromatic carbocycles. The van der Waals surface area contributed by atoms with Gasteiger partial charge in [-0.25, -0.2) is 0 Å². The molecule has 17 nitrogen and oxygen atoms in total. The van der Waals surface area contributed by atoms with Gasteiger partial charge in [0.1, 0.15) is 36.3 Å². The van der Waals surface area contributed by atoms with Crippen LogP contribution in [0, 0.1) is 23.7 Å². The zero-order valence-electron chi connectivity index (χ0n) is 46.6. The molecule has 0 aromatic heterocycles. The number of hydrogen-bond donors (Lipinski definition) is 5. The molecule has 0 aliphatic carbocycles. The minimum Gasteiger partial charge on any atom is -0.462 e. The molecule has 5 N–H and O–H groups in total. The normalized spacial score (nSPS) is 26.3. The zero-order valence-corrected chi connectivity index (χ0v) is 46.6. The van der Waals surface area contributed by atoms with E-state index in [0.29, 0.717) is 38.5 Å². The molecule has 0 aromatic rings. The van der Waals surface area contributed by atoms with E-state index in [4.69, 9.17) is 33.2 Å². The van der Waals surface area contributed by atoms with Crippen LogP contribution in [0.25, 0.3) is 0 Å². The van der Waals surface area contributed by atoms with Crippen LogP contribution >= 0.6 is 0 Å². The van der Waals surface area contributed by atoms with Crippen molar-refractivity contribution in [2.24, 2.45) is 23.7 Å². The molecule has 2 aliphatic heterocycles. The molecule has 0 bridgehead atoms. The molecule has 1 amide bonds. The van der Waals surface area contributed by atoms with E-state index >= 15 is 0 Å². The van der Waals surface area contributed by atoms with Gasteiger partial charge in [-0.05, 0) is 58.3 Å². The summed E-state index contributed by atoms with van der Waals surface area (Å²) in [5.74, 6) is -4.13. The fourth-order valence-electron chi connectivity index (χ4n) is 9.75. The summed E-state index contributed by atoms with van der Waals surface area (Å²) in [6.45, 7) is 18.0. The van der Waals surface area contributed by atoms with Crippen molar-refractivity contribution < 1.29 is 77.6 Å². The average molecular weight is 1040 g/mol. The molecule has 73 heavy (non-hydrogen) atoms. The van der Waals surface area contributed by atoms with Gasteiger partial charge in [0.15, 0.2) is 12.6 Å². The Kier molecular flexibility index (Phi) is 33.7. The number of carbonyl (C=O) groups excluding carboxylic acids is 5. The third-order valence-electron chi connectivity index (χ3n) is 14.5. The lowest BCUT2D eigenvalue weighted by molar-refractivity contribution is -0.347. The molecule has 15 atom stereocenters. The molecule has 2 fully saturated rings. The van der Waals surface area contributed by atoms with E-state index in [9.17, 15) is 44.4 Å². The SMILES string of the molecule is CCCCCCCC(CC(=O)CC(CO)C(=O)NC(CO)CC(C)C)OC(=O)CC(CCCCCCC)OC(=O)CC(CCCCCCC)OC1OC(C)C(C)C(OC2OC(C)C(C)C(OC(C)=O)C2O)C1O. The number of nitrogens with one attached hydrogen (secondary N) is 1. The standard InChI is InChI=1S/C56H101NO16/c1-11-14-17-20-23-26-45(31-44(61)30-42(34-58)54(66)57-43(35-59)29-36(4)5)70-48(62)32-46(27-24-21-18-15-12-2)71-49(63)33-47(28-25-22-19-16-13-3)72-55-51(65)53(38(7)40(9)67-55)73-56-50(64)52(69-41(10)60)37(6)39(8)68-56/h36-40,42-43,45-47,50-53,55-56,58-59,64-65H,11-35H2,1-10H3,(H,57,66). The van der Waals surface area contributed by atoms with E-state index in [-0.39, 0.29) is 55.8 Å². The van der Waals surface area contributed by atoms with Gasteiger partial charge in [-0.1, -0.05) is 132 Å². The summed E-state index contributed by atoms with van der Waals surface area (Å²) in [6.07, 6.45) is 4.93. The second kappa shape index (κ2) is 37.1. The van der Waals surface area contributed by atoms with Gasteiger partial charge in [0, 0.05) is 31.6 Å². The summed E-state index contributed by atoms with van der Waals surface area (Å²) < 4.78 is 42.7. The van der Waals surface area contributed by atoms with E-state index < -0.39 is 110 Å². The predicted molar refractivity (Wildman–Crippen MR) is 277 cm³/mol. The maximum absolute atomic E-state index is 14.0. The number of Topliss-reactive ketones (excluding diaryl/α,β-unsaturated/α-hetero) is 1. The average Bonchev–Trinajstić information content (AvgIpc) is 3.33. The number of carbonyl (C=O) groups is 5. The lowest BCUT2D eigenvalue weighted by atomic mass is 9.89. The van der Waals surface area contributed by atoms with Crippen molar-refractivity contribution >= 4 is 29.6 Å². The summed E-state index contributed by atoms with van der Waals surface area (Å²) in [6, 6.07) is -0.506. The Bertz CT molecular complexity index is 1550.